The number of unbranched alkanes of at least 4 members (excludes halogenated alkanes) is 1. The number of carbonyl (C=O) groups is 1. The number of hydrogen-bond acceptors (Lipinski definition) is 2. The number of fused-ring (bicyclic) bond motifs is 1. The summed E-state index contributed by atoms with van der Waals surface area (Å²) in [6.07, 6.45) is 3.20. The molecule has 1 heterocycles. The van der Waals surface area contributed by atoms with Crippen LogP contribution in [0.15, 0.2) is 54.6 Å². The number of carbonyl (C=O) groups excluding carboxylic acids is 1. The zero-order chi connectivity index (χ0) is 14.5. The number of para-hydroxylation sites is 2. The molecule has 2 aromatic rings. The predicted molar refractivity (Wildman–Crippen MR) is 86.7 cm³/mol. The van der Waals surface area contributed by atoms with Gasteiger partial charge < -0.3 is 10.2 Å². The average Bonchev–Trinajstić information content (AvgIpc) is 2.54. The highest BCUT2D eigenvalue weighted by molar-refractivity contribution is 6.02. The molecule has 0 fully saturated rings. The monoisotopic (exact) mass is 280 g/mol. The number of aryl methyl sites for hydroxylation is 1. The topological polar surface area (TPSA) is 32.3 Å². The van der Waals surface area contributed by atoms with E-state index in [1.807, 2.05) is 35.2 Å². The fraction of sp³-hybridized carbons (Fsp3) is 0.278. The summed E-state index contributed by atoms with van der Waals surface area (Å²) in [4.78, 5) is 14.0. The first kappa shape index (κ1) is 13.7. The van der Waals surface area contributed by atoms with Crippen molar-refractivity contribution < 1.29 is 4.79 Å². The molecule has 0 aromatic heterocycles. The summed E-state index contributed by atoms with van der Waals surface area (Å²) in [7, 11) is 0. The third kappa shape index (κ3) is 3.24. The Labute approximate surface area is 125 Å². The minimum Gasteiger partial charge on any atom is -0.374 e. The highest BCUT2D eigenvalue weighted by Crippen LogP contribution is 2.29. The summed E-state index contributed by atoms with van der Waals surface area (Å²) in [6, 6.07) is 18.5. The summed E-state index contributed by atoms with van der Waals surface area (Å²) in [5.41, 5.74) is 3.43. The van der Waals surface area contributed by atoms with Crippen LogP contribution in [0.25, 0.3) is 0 Å². The van der Waals surface area contributed by atoms with E-state index in [-0.39, 0.29) is 5.91 Å². The zero-order valence-electron chi connectivity index (χ0n) is 12.1. The maximum atomic E-state index is 12.1. The van der Waals surface area contributed by atoms with E-state index in [0.29, 0.717) is 6.54 Å². The molecule has 3 nitrogen and oxygen atoms in total. The van der Waals surface area contributed by atoms with Crippen molar-refractivity contribution in [2.24, 2.45) is 0 Å². The van der Waals surface area contributed by atoms with Crippen LogP contribution in [0.3, 0.4) is 0 Å². The SMILES string of the molecule is O=C1CNc2ccccc2N1CCCCc1ccccc1. The van der Waals surface area contributed by atoms with Crippen LogP contribution in [0.2, 0.25) is 0 Å². The maximum absolute atomic E-state index is 12.1. The lowest BCUT2D eigenvalue weighted by molar-refractivity contribution is -0.117. The molecule has 3 rings (SSSR count). The molecule has 0 aliphatic carbocycles. The zero-order valence-corrected chi connectivity index (χ0v) is 12.1. The van der Waals surface area contributed by atoms with E-state index >= 15 is 0 Å². The molecular formula is C18H20N2O. The molecule has 1 aliphatic heterocycles. The van der Waals surface area contributed by atoms with Crippen molar-refractivity contribution in [1.82, 2.24) is 0 Å². The molecule has 1 amide bonds. The predicted octanol–water partition coefficient (Wildman–Crippen LogP) is 3.47. The smallest absolute Gasteiger partial charge is 0.246 e. The van der Waals surface area contributed by atoms with Crippen molar-refractivity contribution in [2.45, 2.75) is 19.3 Å². The molecule has 1 aliphatic rings. The maximum Gasteiger partial charge on any atom is 0.246 e. The van der Waals surface area contributed by atoms with Gasteiger partial charge in [0.15, 0.2) is 0 Å². The largest absolute Gasteiger partial charge is 0.374 e. The van der Waals surface area contributed by atoms with Crippen molar-refractivity contribution in [3.63, 3.8) is 0 Å². The molecule has 0 saturated heterocycles. The van der Waals surface area contributed by atoms with E-state index < -0.39 is 0 Å². The number of hydrogen-bond donors (Lipinski definition) is 1. The van der Waals surface area contributed by atoms with Crippen LogP contribution in [-0.2, 0) is 11.2 Å². The summed E-state index contributed by atoms with van der Waals surface area (Å²) in [5, 5.41) is 3.17. The Morgan fingerprint density at radius 3 is 2.57 bits per heavy atom. The van der Waals surface area contributed by atoms with Gasteiger partial charge in [-0.1, -0.05) is 42.5 Å². The van der Waals surface area contributed by atoms with Crippen LogP contribution in [0, 0.1) is 0 Å². The number of anilines is 2. The molecule has 108 valence electrons. The van der Waals surface area contributed by atoms with Crippen LogP contribution in [0.1, 0.15) is 18.4 Å². The van der Waals surface area contributed by atoms with E-state index in [1.54, 1.807) is 0 Å². The number of amides is 1. The van der Waals surface area contributed by atoms with E-state index in [9.17, 15) is 4.79 Å². The second-order valence-corrected chi connectivity index (χ2v) is 5.36. The Kier molecular flexibility index (Phi) is 4.20. The van der Waals surface area contributed by atoms with Gasteiger partial charge >= 0.3 is 0 Å². The molecule has 0 unspecified atom stereocenters. The number of nitrogens with zero attached hydrogens (tertiary/aromatic N) is 1. The van der Waals surface area contributed by atoms with E-state index in [0.717, 1.165) is 37.2 Å². The molecular weight excluding hydrogens is 260 g/mol. The first-order valence-electron chi connectivity index (χ1n) is 7.52. The first-order chi connectivity index (χ1) is 10.3. The van der Waals surface area contributed by atoms with Gasteiger partial charge in [-0.15, -0.1) is 0 Å². The third-order valence-corrected chi connectivity index (χ3v) is 3.87. The highest BCUT2D eigenvalue weighted by Gasteiger charge is 2.22. The molecule has 0 bridgehead atoms. The van der Waals surface area contributed by atoms with Crippen molar-refractivity contribution in [1.29, 1.82) is 0 Å². The van der Waals surface area contributed by atoms with Crippen LogP contribution in [0.4, 0.5) is 11.4 Å². The average molecular weight is 280 g/mol. The fourth-order valence-corrected chi connectivity index (χ4v) is 2.75. The van der Waals surface area contributed by atoms with Gasteiger partial charge in [-0.3, -0.25) is 4.79 Å². The lowest BCUT2D eigenvalue weighted by Gasteiger charge is -2.30. The van der Waals surface area contributed by atoms with Crippen LogP contribution < -0.4 is 10.2 Å². The normalized spacial score (nSPS) is 13.7. The quantitative estimate of drug-likeness (QED) is 0.851. The second kappa shape index (κ2) is 6.44. The molecule has 21 heavy (non-hydrogen) atoms. The minimum absolute atomic E-state index is 0.161. The molecule has 3 heteroatoms. The van der Waals surface area contributed by atoms with Gasteiger partial charge in [0, 0.05) is 6.54 Å². The Morgan fingerprint density at radius 1 is 0.952 bits per heavy atom. The van der Waals surface area contributed by atoms with Gasteiger partial charge in [0.2, 0.25) is 5.91 Å². The number of nitrogens with one attached hydrogen (secondary N) is 1. The summed E-state index contributed by atoms with van der Waals surface area (Å²) >= 11 is 0. The van der Waals surface area contributed by atoms with Gasteiger partial charge in [-0.25, -0.2) is 0 Å². The lowest BCUT2D eigenvalue weighted by Crippen LogP contribution is -2.40. The lowest BCUT2D eigenvalue weighted by atomic mass is 10.1. The van der Waals surface area contributed by atoms with Crippen molar-refractivity contribution in [3.8, 4) is 0 Å². The van der Waals surface area contributed by atoms with Gasteiger partial charge in [-0.2, -0.15) is 0 Å². The van der Waals surface area contributed by atoms with Crippen molar-refractivity contribution in [3.05, 3.63) is 60.2 Å². The first-order valence-corrected chi connectivity index (χ1v) is 7.52. The van der Waals surface area contributed by atoms with Crippen molar-refractivity contribution >= 4 is 17.3 Å². The molecule has 2 aromatic carbocycles. The molecule has 0 atom stereocenters. The van der Waals surface area contributed by atoms with Gasteiger partial charge in [0.1, 0.15) is 0 Å². The molecule has 1 N–H and O–H groups in total. The van der Waals surface area contributed by atoms with Gasteiger partial charge in [0.05, 0.1) is 17.9 Å². The Hall–Kier alpha value is -2.29. The third-order valence-electron chi connectivity index (χ3n) is 3.87. The van der Waals surface area contributed by atoms with Gasteiger partial charge in [0.25, 0.3) is 0 Å². The van der Waals surface area contributed by atoms with E-state index in [2.05, 4.69) is 29.6 Å². The Morgan fingerprint density at radius 2 is 1.71 bits per heavy atom. The Balaban J connectivity index is 1.56. The van der Waals surface area contributed by atoms with E-state index in [1.165, 1.54) is 5.56 Å². The minimum atomic E-state index is 0.161. The summed E-state index contributed by atoms with van der Waals surface area (Å²) < 4.78 is 0. The van der Waals surface area contributed by atoms with Crippen molar-refractivity contribution in [2.75, 3.05) is 23.3 Å². The fourth-order valence-electron chi connectivity index (χ4n) is 2.75. The second-order valence-electron chi connectivity index (χ2n) is 5.36. The number of rotatable bonds is 5. The molecule has 0 saturated carbocycles. The molecule has 0 radical (unpaired) electrons. The standard InChI is InChI=1S/C18H20N2O/c21-18-14-19-16-11-4-5-12-17(16)20(18)13-7-6-10-15-8-2-1-3-9-15/h1-5,8-9,11-12,19H,6-7,10,13-14H2. The summed E-state index contributed by atoms with van der Waals surface area (Å²) in [6.45, 7) is 1.19. The van der Waals surface area contributed by atoms with Gasteiger partial charge in [-0.05, 0) is 37.0 Å². The van der Waals surface area contributed by atoms with Crippen LogP contribution >= 0.6 is 0 Å². The molecule has 0 spiro atoms. The number of benzene rings is 2. The Bertz CT molecular complexity index is 610. The van der Waals surface area contributed by atoms with Crippen LogP contribution in [-0.4, -0.2) is 19.0 Å². The van der Waals surface area contributed by atoms with E-state index in [4.69, 9.17) is 0 Å². The van der Waals surface area contributed by atoms with Crippen LogP contribution in [0.5, 0.6) is 0 Å². The highest BCUT2D eigenvalue weighted by atomic mass is 16.2. The summed E-state index contributed by atoms with van der Waals surface area (Å²) in [5.74, 6) is 0.161.